The largest absolute Gasteiger partial charge is 0.288 e. The maximum Gasteiger partial charge on any atom is 0.269 e. The number of nitrogens with one attached hydrogen (secondary N) is 2. The van der Waals surface area contributed by atoms with E-state index in [4.69, 9.17) is 0 Å². The third kappa shape index (κ3) is 4.00. The van der Waals surface area contributed by atoms with Gasteiger partial charge in [0.25, 0.3) is 11.8 Å². The van der Waals surface area contributed by atoms with Gasteiger partial charge in [0.2, 0.25) is 0 Å². The summed E-state index contributed by atoms with van der Waals surface area (Å²) >= 11 is 0. The van der Waals surface area contributed by atoms with Crippen LogP contribution in [0.2, 0.25) is 0 Å². The Morgan fingerprint density at radius 2 is 1.62 bits per heavy atom. The van der Waals surface area contributed by atoms with Crippen molar-refractivity contribution in [1.82, 2.24) is 15.8 Å². The number of nitrogens with zero attached hydrogens (tertiary/aromatic N) is 1. The van der Waals surface area contributed by atoms with Crippen LogP contribution in [-0.2, 0) is 11.3 Å². The molecule has 0 saturated carbocycles. The summed E-state index contributed by atoms with van der Waals surface area (Å²) in [6.45, 7) is 1.63. The lowest BCUT2D eigenvalue weighted by molar-refractivity contribution is -0.126. The fourth-order valence-electron chi connectivity index (χ4n) is 2.99. The molecule has 3 rings (SSSR count). The van der Waals surface area contributed by atoms with E-state index in [0.717, 1.165) is 25.9 Å². The van der Waals surface area contributed by atoms with Crippen molar-refractivity contribution in [2.75, 3.05) is 6.54 Å². The van der Waals surface area contributed by atoms with Gasteiger partial charge in [-0.3, -0.25) is 25.3 Å². The molecule has 24 heavy (non-hydrogen) atoms. The molecule has 2 N–H and O–H groups in total. The molecule has 2 amide bonds. The monoisotopic (exact) mass is 323 g/mol. The minimum atomic E-state index is -0.309. The second kappa shape index (κ2) is 7.75. The Balaban J connectivity index is 1.55. The van der Waals surface area contributed by atoms with Gasteiger partial charge in [-0.15, -0.1) is 0 Å². The van der Waals surface area contributed by atoms with Crippen LogP contribution in [0.25, 0.3) is 0 Å². The maximum absolute atomic E-state index is 12.4. The number of hydrazine groups is 1. The lowest BCUT2D eigenvalue weighted by Crippen LogP contribution is -2.50. The third-order valence-electron chi connectivity index (χ3n) is 4.23. The molecule has 2 aromatic rings. The zero-order chi connectivity index (χ0) is 16.8. The van der Waals surface area contributed by atoms with E-state index in [-0.39, 0.29) is 17.9 Å². The molecular weight excluding hydrogens is 302 g/mol. The normalized spacial score (nSPS) is 17.4. The quantitative estimate of drug-likeness (QED) is 0.847. The summed E-state index contributed by atoms with van der Waals surface area (Å²) in [6, 6.07) is 18.7. The van der Waals surface area contributed by atoms with Crippen molar-refractivity contribution >= 4 is 11.8 Å². The van der Waals surface area contributed by atoms with Crippen LogP contribution < -0.4 is 10.9 Å². The lowest BCUT2D eigenvalue weighted by atomic mass is 10.1. The predicted molar refractivity (Wildman–Crippen MR) is 91.9 cm³/mol. The molecule has 5 heteroatoms. The van der Waals surface area contributed by atoms with Crippen LogP contribution in [-0.4, -0.2) is 29.3 Å². The number of rotatable bonds is 4. The van der Waals surface area contributed by atoms with Crippen molar-refractivity contribution in [2.45, 2.75) is 25.4 Å². The highest BCUT2D eigenvalue weighted by atomic mass is 16.2. The number of likely N-dealkylation sites (tertiary alicyclic amines) is 1. The summed E-state index contributed by atoms with van der Waals surface area (Å²) in [6.07, 6.45) is 1.79. The number of hydrogen-bond donors (Lipinski definition) is 2. The van der Waals surface area contributed by atoms with Crippen LogP contribution in [0.15, 0.2) is 60.7 Å². The van der Waals surface area contributed by atoms with E-state index in [1.165, 1.54) is 5.56 Å². The molecule has 0 bridgehead atoms. The molecule has 1 fully saturated rings. The minimum Gasteiger partial charge on any atom is -0.288 e. The lowest BCUT2D eigenvalue weighted by Gasteiger charge is -2.23. The molecule has 1 atom stereocenters. The number of carbonyl (C=O) groups is 2. The molecule has 1 aliphatic rings. The Kier molecular flexibility index (Phi) is 5.23. The predicted octanol–water partition coefficient (Wildman–Crippen LogP) is 2.11. The van der Waals surface area contributed by atoms with Crippen LogP contribution >= 0.6 is 0 Å². The highest BCUT2D eigenvalue weighted by Gasteiger charge is 2.30. The molecule has 1 aliphatic heterocycles. The van der Waals surface area contributed by atoms with Crippen LogP contribution in [0.3, 0.4) is 0 Å². The van der Waals surface area contributed by atoms with E-state index in [1.54, 1.807) is 24.3 Å². The van der Waals surface area contributed by atoms with Gasteiger partial charge in [0.15, 0.2) is 0 Å². The highest BCUT2D eigenvalue weighted by molar-refractivity contribution is 5.95. The molecule has 0 radical (unpaired) electrons. The number of amides is 2. The third-order valence-corrected chi connectivity index (χ3v) is 4.23. The van der Waals surface area contributed by atoms with E-state index in [1.807, 2.05) is 24.3 Å². The van der Waals surface area contributed by atoms with Gasteiger partial charge in [0.1, 0.15) is 0 Å². The molecule has 5 nitrogen and oxygen atoms in total. The Labute approximate surface area is 141 Å². The van der Waals surface area contributed by atoms with Gasteiger partial charge in [-0.05, 0) is 37.1 Å². The van der Waals surface area contributed by atoms with Crippen LogP contribution in [0, 0.1) is 0 Å². The molecule has 1 saturated heterocycles. The average Bonchev–Trinajstić information content (AvgIpc) is 3.09. The SMILES string of the molecule is O=C(NNC(=O)C1CCCN1Cc1ccccc1)c1ccccc1. The zero-order valence-electron chi connectivity index (χ0n) is 13.4. The first-order valence-electron chi connectivity index (χ1n) is 8.17. The minimum absolute atomic E-state index is 0.160. The summed E-state index contributed by atoms with van der Waals surface area (Å²) in [5.41, 5.74) is 6.76. The Morgan fingerprint density at radius 3 is 2.33 bits per heavy atom. The Bertz CT molecular complexity index is 688. The van der Waals surface area contributed by atoms with E-state index >= 15 is 0 Å². The molecule has 2 aromatic carbocycles. The molecule has 0 spiro atoms. The molecule has 1 heterocycles. The van der Waals surface area contributed by atoms with Gasteiger partial charge in [-0.1, -0.05) is 48.5 Å². The summed E-state index contributed by atoms with van der Waals surface area (Å²) in [5.74, 6) is -0.468. The molecule has 0 aromatic heterocycles. The number of hydrogen-bond acceptors (Lipinski definition) is 3. The van der Waals surface area contributed by atoms with Crippen molar-refractivity contribution in [1.29, 1.82) is 0 Å². The van der Waals surface area contributed by atoms with E-state index in [0.29, 0.717) is 5.56 Å². The van der Waals surface area contributed by atoms with Crippen molar-refractivity contribution in [3.8, 4) is 0 Å². The molecular formula is C19H21N3O2. The summed E-state index contributed by atoms with van der Waals surface area (Å²) in [4.78, 5) is 26.6. The van der Waals surface area contributed by atoms with E-state index in [2.05, 4.69) is 27.9 Å². The Hall–Kier alpha value is -2.66. The van der Waals surface area contributed by atoms with Gasteiger partial charge in [-0.25, -0.2) is 0 Å². The van der Waals surface area contributed by atoms with Gasteiger partial charge < -0.3 is 0 Å². The second-order valence-electron chi connectivity index (χ2n) is 5.92. The first kappa shape index (κ1) is 16.2. The number of benzene rings is 2. The van der Waals surface area contributed by atoms with Crippen LogP contribution in [0.1, 0.15) is 28.8 Å². The van der Waals surface area contributed by atoms with Gasteiger partial charge >= 0.3 is 0 Å². The van der Waals surface area contributed by atoms with Crippen molar-refractivity contribution in [3.05, 3.63) is 71.8 Å². The fourth-order valence-corrected chi connectivity index (χ4v) is 2.99. The van der Waals surface area contributed by atoms with Gasteiger partial charge in [0, 0.05) is 12.1 Å². The standard InChI is InChI=1S/C19H21N3O2/c23-18(16-10-5-2-6-11-16)20-21-19(24)17-12-7-13-22(17)14-15-8-3-1-4-9-15/h1-6,8-11,17H,7,12-14H2,(H,20,23)(H,21,24). The Morgan fingerprint density at radius 1 is 0.958 bits per heavy atom. The summed E-state index contributed by atoms with van der Waals surface area (Å²) < 4.78 is 0. The van der Waals surface area contributed by atoms with Crippen LogP contribution in [0.4, 0.5) is 0 Å². The van der Waals surface area contributed by atoms with E-state index in [9.17, 15) is 9.59 Å². The van der Waals surface area contributed by atoms with Gasteiger partial charge in [0.05, 0.1) is 6.04 Å². The summed E-state index contributed by atoms with van der Waals surface area (Å²) in [5, 5.41) is 0. The first-order valence-corrected chi connectivity index (χ1v) is 8.17. The smallest absolute Gasteiger partial charge is 0.269 e. The fraction of sp³-hybridized carbons (Fsp3) is 0.263. The first-order chi connectivity index (χ1) is 11.7. The average molecular weight is 323 g/mol. The molecule has 1 unspecified atom stereocenters. The van der Waals surface area contributed by atoms with Crippen molar-refractivity contribution in [2.24, 2.45) is 0 Å². The molecule has 124 valence electrons. The van der Waals surface area contributed by atoms with Crippen LogP contribution in [0.5, 0.6) is 0 Å². The van der Waals surface area contributed by atoms with Crippen molar-refractivity contribution in [3.63, 3.8) is 0 Å². The van der Waals surface area contributed by atoms with Crippen molar-refractivity contribution < 1.29 is 9.59 Å². The zero-order valence-corrected chi connectivity index (χ0v) is 13.4. The molecule has 0 aliphatic carbocycles. The number of carbonyl (C=O) groups excluding carboxylic acids is 2. The maximum atomic E-state index is 12.4. The second-order valence-corrected chi connectivity index (χ2v) is 5.92. The van der Waals surface area contributed by atoms with E-state index < -0.39 is 0 Å². The summed E-state index contributed by atoms with van der Waals surface area (Å²) in [7, 11) is 0. The topological polar surface area (TPSA) is 61.4 Å². The van der Waals surface area contributed by atoms with Gasteiger partial charge in [-0.2, -0.15) is 0 Å². The highest BCUT2D eigenvalue weighted by Crippen LogP contribution is 2.20.